The van der Waals surface area contributed by atoms with E-state index in [-0.39, 0.29) is 22.1 Å². The van der Waals surface area contributed by atoms with Crippen molar-refractivity contribution < 1.29 is 4.79 Å². The first-order valence-corrected chi connectivity index (χ1v) is 9.37. The highest BCUT2D eigenvalue weighted by atomic mass is 35.5. The van der Waals surface area contributed by atoms with Gasteiger partial charge in [0, 0.05) is 40.5 Å². The second-order valence-corrected chi connectivity index (χ2v) is 9.16. The van der Waals surface area contributed by atoms with Gasteiger partial charge in [-0.05, 0) is 36.7 Å². The molecule has 2 nitrogen and oxygen atoms in total. The average Bonchev–Trinajstić information content (AvgIpc) is 2.80. The fraction of sp³-hybridized carbons (Fsp3) is 0.571. The summed E-state index contributed by atoms with van der Waals surface area (Å²) in [7, 11) is 0. The lowest BCUT2D eigenvalue weighted by Crippen LogP contribution is -2.07. The molecule has 0 saturated heterocycles. The summed E-state index contributed by atoms with van der Waals surface area (Å²) >= 11 is 6.07. The van der Waals surface area contributed by atoms with Gasteiger partial charge in [0.15, 0.2) is 5.78 Å². The van der Waals surface area contributed by atoms with Gasteiger partial charge in [-0.3, -0.25) is 4.79 Å². The lowest BCUT2D eigenvalue weighted by atomic mass is 10.0. The standard InChI is InChI=1S/C21H28ClNO/c1-14(22)9-8-12-23-13-16(15-10-6-7-11-17(15)23)18(24)19-20(2,3)21(19,4)5/h6-7,10-11,13-14,19H,8-9,12H2,1-5H3/t14-/m0/s1. The van der Waals surface area contributed by atoms with E-state index < -0.39 is 0 Å². The third-order valence-corrected chi connectivity index (χ3v) is 6.56. The molecule has 24 heavy (non-hydrogen) atoms. The fourth-order valence-corrected chi connectivity index (χ4v) is 4.33. The third kappa shape index (κ3) is 2.69. The Labute approximate surface area is 150 Å². The van der Waals surface area contributed by atoms with Crippen molar-refractivity contribution in [2.75, 3.05) is 0 Å². The van der Waals surface area contributed by atoms with Crippen molar-refractivity contribution in [3.05, 3.63) is 36.0 Å². The second-order valence-electron chi connectivity index (χ2n) is 8.42. The minimum atomic E-state index is 0.0708. The number of ketones is 1. The first-order valence-electron chi connectivity index (χ1n) is 8.94. The average molecular weight is 346 g/mol. The van der Waals surface area contributed by atoms with E-state index in [0.29, 0.717) is 5.78 Å². The van der Waals surface area contributed by atoms with Gasteiger partial charge >= 0.3 is 0 Å². The number of hydrogen-bond acceptors (Lipinski definition) is 1. The monoisotopic (exact) mass is 345 g/mol. The van der Waals surface area contributed by atoms with E-state index >= 15 is 0 Å². The molecule has 1 saturated carbocycles. The van der Waals surface area contributed by atoms with Gasteiger partial charge in [0.05, 0.1) is 0 Å². The molecule has 0 radical (unpaired) electrons. The first kappa shape index (κ1) is 17.5. The van der Waals surface area contributed by atoms with Crippen LogP contribution >= 0.6 is 11.6 Å². The van der Waals surface area contributed by atoms with Crippen molar-refractivity contribution in [2.24, 2.45) is 16.7 Å². The van der Waals surface area contributed by atoms with E-state index in [9.17, 15) is 4.79 Å². The molecule has 0 unspecified atom stereocenters. The van der Waals surface area contributed by atoms with E-state index in [4.69, 9.17) is 11.6 Å². The highest BCUT2D eigenvalue weighted by Crippen LogP contribution is 2.69. The molecule has 1 fully saturated rings. The van der Waals surface area contributed by atoms with Gasteiger partial charge in [-0.25, -0.2) is 0 Å². The molecular weight excluding hydrogens is 318 g/mol. The van der Waals surface area contributed by atoms with Gasteiger partial charge in [0.25, 0.3) is 0 Å². The zero-order valence-corrected chi connectivity index (χ0v) is 16.2. The maximum absolute atomic E-state index is 13.2. The molecule has 0 N–H and O–H groups in total. The van der Waals surface area contributed by atoms with E-state index in [0.717, 1.165) is 35.9 Å². The SMILES string of the molecule is C[C@H](Cl)CCCn1cc(C(=O)C2C(C)(C)C2(C)C)c2ccccc21. The van der Waals surface area contributed by atoms with Crippen LogP contribution in [0.5, 0.6) is 0 Å². The van der Waals surface area contributed by atoms with Crippen LogP contribution in [-0.4, -0.2) is 15.7 Å². The number of Topliss-reactive ketones (excluding diaryl/α,β-unsaturated/α-hetero) is 1. The summed E-state index contributed by atoms with van der Waals surface area (Å²) in [6.07, 6.45) is 4.08. The van der Waals surface area contributed by atoms with Crippen LogP contribution in [0.2, 0.25) is 0 Å². The Bertz CT molecular complexity index is 755. The highest BCUT2D eigenvalue weighted by molar-refractivity contribution is 6.20. The Hall–Kier alpha value is -1.28. The van der Waals surface area contributed by atoms with Gasteiger partial charge < -0.3 is 4.57 Å². The number of rotatable bonds is 6. The molecule has 0 bridgehead atoms. The summed E-state index contributed by atoms with van der Waals surface area (Å²) in [5.74, 6) is 0.401. The van der Waals surface area contributed by atoms with E-state index in [1.165, 1.54) is 0 Å². The van der Waals surface area contributed by atoms with Crippen molar-refractivity contribution in [3.63, 3.8) is 0 Å². The third-order valence-electron chi connectivity index (χ3n) is 6.34. The number of benzene rings is 1. The number of carbonyl (C=O) groups excluding carboxylic acids is 1. The van der Waals surface area contributed by atoms with Crippen LogP contribution in [0.3, 0.4) is 0 Å². The summed E-state index contributed by atoms with van der Waals surface area (Å²) in [6.45, 7) is 11.8. The van der Waals surface area contributed by atoms with Crippen LogP contribution in [0.15, 0.2) is 30.5 Å². The number of hydrogen-bond donors (Lipinski definition) is 0. The van der Waals surface area contributed by atoms with Crippen molar-refractivity contribution in [3.8, 4) is 0 Å². The summed E-state index contributed by atoms with van der Waals surface area (Å²) in [5.41, 5.74) is 2.18. The van der Waals surface area contributed by atoms with E-state index in [2.05, 4.69) is 50.6 Å². The Morgan fingerprint density at radius 2 is 1.83 bits per heavy atom. The Morgan fingerprint density at radius 3 is 2.42 bits per heavy atom. The number of aromatic nitrogens is 1. The molecule has 2 aromatic rings. The number of aryl methyl sites for hydroxylation is 1. The van der Waals surface area contributed by atoms with Gasteiger partial charge in [-0.15, -0.1) is 11.6 Å². The van der Waals surface area contributed by atoms with Crippen LogP contribution in [-0.2, 0) is 6.54 Å². The minimum Gasteiger partial charge on any atom is -0.347 e. The van der Waals surface area contributed by atoms with E-state index in [1.807, 2.05) is 19.1 Å². The Balaban J connectivity index is 1.93. The number of carbonyl (C=O) groups is 1. The van der Waals surface area contributed by atoms with Crippen molar-refractivity contribution in [1.29, 1.82) is 0 Å². The minimum absolute atomic E-state index is 0.0708. The molecule has 0 spiro atoms. The summed E-state index contributed by atoms with van der Waals surface area (Å²) < 4.78 is 2.23. The second kappa shape index (κ2) is 5.91. The van der Waals surface area contributed by atoms with Crippen LogP contribution in [0, 0.1) is 16.7 Å². The molecular formula is C21H28ClNO. The van der Waals surface area contributed by atoms with Crippen LogP contribution in [0.25, 0.3) is 10.9 Å². The molecule has 1 aliphatic carbocycles. The summed E-state index contributed by atoms with van der Waals surface area (Å²) in [5, 5.41) is 1.28. The zero-order valence-electron chi connectivity index (χ0n) is 15.4. The van der Waals surface area contributed by atoms with E-state index in [1.54, 1.807) is 0 Å². The predicted molar refractivity (Wildman–Crippen MR) is 102 cm³/mol. The number of fused-ring (bicyclic) bond motifs is 1. The molecule has 3 rings (SSSR count). The maximum atomic E-state index is 13.2. The zero-order chi connectivity index (χ0) is 17.7. The molecule has 1 aliphatic rings. The molecule has 1 aromatic carbocycles. The first-order chi connectivity index (χ1) is 11.2. The highest BCUT2D eigenvalue weighted by Gasteiger charge is 2.68. The number of para-hydroxylation sites is 1. The van der Waals surface area contributed by atoms with Gasteiger partial charge in [-0.2, -0.15) is 0 Å². The van der Waals surface area contributed by atoms with Gasteiger partial charge in [-0.1, -0.05) is 45.9 Å². The largest absolute Gasteiger partial charge is 0.347 e. The Morgan fingerprint density at radius 1 is 1.21 bits per heavy atom. The molecule has 130 valence electrons. The summed E-state index contributed by atoms with van der Waals surface area (Å²) in [6, 6.07) is 8.25. The van der Waals surface area contributed by atoms with Crippen LogP contribution in [0.1, 0.15) is 57.8 Å². The topological polar surface area (TPSA) is 22.0 Å². The molecule has 1 aromatic heterocycles. The van der Waals surface area contributed by atoms with Crippen molar-refractivity contribution >= 4 is 28.3 Å². The molecule has 0 amide bonds. The van der Waals surface area contributed by atoms with Gasteiger partial charge in [0.1, 0.15) is 0 Å². The predicted octanol–water partition coefficient (Wildman–Crippen LogP) is 5.91. The number of nitrogens with zero attached hydrogens (tertiary/aromatic N) is 1. The van der Waals surface area contributed by atoms with Gasteiger partial charge in [0.2, 0.25) is 0 Å². The molecule has 0 aliphatic heterocycles. The maximum Gasteiger partial charge on any atom is 0.169 e. The van der Waals surface area contributed by atoms with Crippen molar-refractivity contribution in [2.45, 2.75) is 59.4 Å². The lowest BCUT2D eigenvalue weighted by molar-refractivity contribution is 0.0946. The number of alkyl halides is 1. The van der Waals surface area contributed by atoms with Crippen LogP contribution in [0.4, 0.5) is 0 Å². The quantitative estimate of drug-likeness (QED) is 0.471. The van der Waals surface area contributed by atoms with Crippen LogP contribution < -0.4 is 0 Å². The number of halogens is 1. The fourth-order valence-electron chi connectivity index (χ4n) is 4.18. The molecule has 1 heterocycles. The molecule has 3 heteroatoms. The normalized spacial score (nSPS) is 20.2. The Kier molecular flexibility index (Phi) is 4.32. The lowest BCUT2D eigenvalue weighted by Gasteiger charge is -2.06. The molecule has 1 atom stereocenters. The smallest absolute Gasteiger partial charge is 0.169 e. The summed E-state index contributed by atoms with van der Waals surface area (Å²) in [4.78, 5) is 13.2. The van der Waals surface area contributed by atoms with Crippen molar-refractivity contribution in [1.82, 2.24) is 4.57 Å².